The Hall–Kier alpha value is -3.22. The summed E-state index contributed by atoms with van der Waals surface area (Å²) in [5, 5.41) is 4.17. The van der Waals surface area contributed by atoms with Crippen LogP contribution in [0.5, 0.6) is 0 Å². The Balaban J connectivity index is 1.70. The minimum absolute atomic E-state index is 0.209. The van der Waals surface area contributed by atoms with Gasteiger partial charge < -0.3 is 9.88 Å². The van der Waals surface area contributed by atoms with E-state index in [0.29, 0.717) is 6.54 Å². The summed E-state index contributed by atoms with van der Waals surface area (Å²) in [5.41, 5.74) is 1.81. The van der Waals surface area contributed by atoms with Crippen LogP contribution in [0, 0.1) is 0 Å². The number of hydrogen-bond donors (Lipinski definition) is 1. The van der Waals surface area contributed by atoms with Gasteiger partial charge in [0.2, 0.25) is 0 Å². The summed E-state index contributed by atoms with van der Waals surface area (Å²) in [4.78, 5) is 31.1. The maximum atomic E-state index is 12.2. The number of nitrogens with zero attached hydrogens (tertiary/aromatic N) is 4. The SMILES string of the molecule is CN(Cc1ccc(-n2cccn2)cc1)C(=O)c1c[nH]c(=O)cn1. The number of benzene rings is 1. The van der Waals surface area contributed by atoms with Gasteiger partial charge in [0.1, 0.15) is 5.69 Å². The minimum atomic E-state index is -0.335. The van der Waals surface area contributed by atoms with E-state index < -0.39 is 0 Å². The van der Waals surface area contributed by atoms with E-state index >= 15 is 0 Å². The van der Waals surface area contributed by atoms with E-state index in [-0.39, 0.29) is 17.2 Å². The molecular formula is C16H15N5O2. The van der Waals surface area contributed by atoms with Crippen molar-refractivity contribution in [2.24, 2.45) is 0 Å². The highest BCUT2D eigenvalue weighted by molar-refractivity contribution is 5.91. The van der Waals surface area contributed by atoms with Gasteiger partial charge in [-0.2, -0.15) is 5.10 Å². The first-order valence-corrected chi connectivity index (χ1v) is 7.02. The smallest absolute Gasteiger partial charge is 0.274 e. The largest absolute Gasteiger partial charge is 0.336 e. The lowest BCUT2D eigenvalue weighted by molar-refractivity contribution is 0.0778. The van der Waals surface area contributed by atoms with E-state index in [1.165, 1.54) is 6.20 Å². The van der Waals surface area contributed by atoms with Crippen molar-refractivity contribution in [2.45, 2.75) is 6.54 Å². The van der Waals surface area contributed by atoms with E-state index in [9.17, 15) is 9.59 Å². The molecule has 116 valence electrons. The Labute approximate surface area is 132 Å². The van der Waals surface area contributed by atoms with Crippen LogP contribution in [0.25, 0.3) is 5.69 Å². The summed E-state index contributed by atoms with van der Waals surface area (Å²) in [6.45, 7) is 0.443. The number of carbonyl (C=O) groups is 1. The summed E-state index contributed by atoms with van der Waals surface area (Å²) < 4.78 is 1.77. The molecule has 0 aliphatic heterocycles. The zero-order chi connectivity index (χ0) is 16.2. The maximum Gasteiger partial charge on any atom is 0.274 e. The third-order valence-corrected chi connectivity index (χ3v) is 3.36. The van der Waals surface area contributed by atoms with E-state index in [1.54, 1.807) is 22.8 Å². The summed E-state index contributed by atoms with van der Waals surface area (Å²) in [6.07, 6.45) is 6.01. The highest BCUT2D eigenvalue weighted by Crippen LogP contribution is 2.11. The maximum absolute atomic E-state index is 12.2. The Kier molecular flexibility index (Phi) is 4.01. The Morgan fingerprint density at radius 1 is 1.30 bits per heavy atom. The predicted molar refractivity (Wildman–Crippen MR) is 84.2 cm³/mol. The van der Waals surface area contributed by atoms with Crippen LogP contribution in [0.4, 0.5) is 0 Å². The summed E-state index contributed by atoms with van der Waals surface area (Å²) in [6, 6.07) is 9.64. The highest BCUT2D eigenvalue weighted by atomic mass is 16.2. The van der Waals surface area contributed by atoms with Crippen molar-refractivity contribution < 1.29 is 4.79 Å². The molecule has 0 fully saturated rings. The molecule has 23 heavy (non-hydrogen) atoms. The van der Waals surface area contributed by atoms with Gasteiger partial charge in [-0.3, -0.25) is 9.59 Å². The molecule has 0 aliphatic rings. The van der Waals surface area contributed by atoms with Crippen LogP contribution >= 0.6 is 0 Å². The van der Waals surface area contributed by atoms with Crippen LogP contribution in [-0.4, -0.2) is 37.6 Å². The molecule has 1 amide bonds. The number of amides is 1. The summed E-state index contributed by atoms with van der Waals surface area (Å²) >= 11 is 0. The quantitative estimate of drug-likeness (QED) is 0.785. The zero-order valence-corrected chi connectivity index (χ0v) is 12.5. The Bertz CT molecular complexity index is 832. The van der Waals surface area contributed by atoms with Gasteiger partial charge in [0.25, 0.3) is 11.5 Å². The second-order valence-corrected chi connectivity index (χ2v) is 5.07. The molecule has 1 aromatic carbocycles. The van der Waals surface area contributed by atoms with Crippen LogP contribution in [0.3, 0.4) is 0 Å². The van der Waals surface area contributed by atoms with E-state index in [4.69, 9.17) is 0 Å². The van der Waals surface area contributed by atoms with Gasteiger partial charge in [0.05, 0.1) is 11.9 Å². The van der Waals surface area contributed by atoms with Gasteiger partial charge in [-0.05, 0) is 23.8 Å². The molecule has 7 heteroatoms. The first kappa shape index (κ1) is 14.7. The molecule has 7 nitrogen and oxygen atoms in total. The van der Waals surface area contributed by atoms with Crippen LogP contribution in [0.15, 0.2) is 59.9 Å². The molecule has 3 rings (SSSR count). The fraction of sp³-hybridized carbons (Fsp3) is 0.125. The standard InChI is InChI=1S/C16H15N5O2/c1-20(16(23)14-9-18-15(22)10-17-14)11-12-3-5-13(6-4-12)21-8-2-7-19-21/h2-10H,11H2,1H3,(H,18,22). The third kappa shape index (κ3) is 3.34. The molecule has 0 aliphatic carbocycles. The second kappa shape index (κ2) is 6.27. The molecule has 0 unspecified atom stereocenters. The first-order valence-electron chi connectivity index (χ1n) is 7.02. The molecule has 0 saturated heterocycles. The van der Waals surface area contributed by atoms with Gasteiger partial charge >= 0.3 is 0 Å². The number of carbonyl (C=O) groups excluding carboxylic acids is 1. The lowest BCUT2D eigenvalue weighted by Gasteiger charge is -2.16. The Morgan fingerprint density at radius 3 is 2.70 bits per heavy atom. The molecule has 2 aromatic heterocycles. The number of aromatic nitrogens is 4. The number of hydrogen-bond acceptors (Lipinski definition) is 4. The number of H-pyrrole nitrogens is 1. The number of nitrogens with one attached hydrogen (secondary N) is 1. The third-order valence-electron chi connectivity index (χ3n) is 3.36. The minimum Gasteiger partial charge on any atom is -0.336 e. The van der Waals surface area contributed by atoms with Crippen LogP contribution < -0.4 is 5.56 Å². The molecule has 0 saturated carbocycles. The van der Waals surface area contributed by atoms with Crippen LogP contribution in [0.1, 0.15) is 16.1 Å². The monoisotopic (exact) mass is 309 g/mol. The fourth-order valence-electron chi connectivity index (χ4n) is 2.18. The fourth-order valence-corrected chi connectivity index (χ4v) is 2.18. The molecule has 2 heterocycles. The van der Waals surface area contributed by atoms with Crippen molar-refractivity contribution in [2.75, 3.05) is 7.05 Å². The van der Waals surface area contributed by atoms with Crippen LogP contribution in [0.2, 0.25) is 0 Å². The molecule has 3 aromatic rings. The van der Waals surface area contributed by atoms with Gasteiger partial charge in [-0.15, -0.1) is 0 Å². The average molecular weight is 309 g/mol. The van der Waals surface area contributed by atoms with E-state index in [0.717, 1.165) is 17.4 Å². The highest BCUT2D eigenvalue weighted by Gasteiger charge is 2.13. The predicted octanol–water partition coefficient (Wildman–Crippen LogP) is 1.23. The lowest BCUT2D eigenvalue weighted by Crippen LogP contribution is -2.27. The van der Waals surface area contributed by atoms with Crippen molar-refractivity contribution in [3.05, 3.63) is 76.7 Å². The summed E-state index contributed by atoms with van der Waals surface area (Å²) in [7, 11) is 1.69. The van der Waals surface area contributed by atoms with Crippen LogP contribution in [-0.2, 0) is 6.54 Å². The normalized spacial score (nSPS) is 10.5. The van der Waals surface area contributed by atoms with Gasteiger partial charge in [0, 0.05) is 32.2 Å². The second-order valence-electron chi connectivity index (χ2n) is 5.07. The van der Waals surface area contributed by atoms with Crippen molar-refractivity contribution in [3.63, 3.8) is 0 Å². The average Bonchev–Trinajstić information content (AvgIpc) is 3.10. The lowest BCUT2D eigenvalue weighted by atomic mass is 10.2. The first-order chi connectivity index (χ1) is 11.1. The van der Waals surface area contributed by atoms with Gasteiger partial charge in [-0.1, -0.05) is 12.1 Å². The van der Waals surface area contributed by atoms with Gasteiger partial charge in [-0.25, -0.2) is 9.67 Å². The van der Waals surface area contributed by atoms with Gasteiger partial charge in [0.15, 0.2) is 0 Å². The van der Waals surface area contributed by atoms with Crippen molar-refractivity contribution in [1.29, 1.82) is 0 Å². The number of aromatic amines is 1. The molecule has 0 bridgehead atoms. The number of rotatable bonds is 4. The molecular weight excluding hydrogens is 294 g/mol. The van der Waals surface area contributed by atoms with Crippen molar-refractivity contribution in [3.8, 4) is 5.69 Å². The Morgan fingerprint density at radius 2 is 2.09 bits per heavy atom. The summed E-state index contributed by atoms with van der Waals surface area (Å²) in [5.74, 6) is -0.252. The van der Waals surface area contributed by atoms with Crippen molar-refractivity contribution in [1.82, 2.24) is 24.6 Å². The zero-order valence-electron chi connectivity index (χ0n) is 12.5. The van der Waals surface area contributed by atoms with E-state index in [1.807, 2.05) is 36.5 Å². The van der Waals surface area contributed by atoms with E-state index in [2.05, 4.69) is 15.1 Å². The molecule has 1 N–H and O–H groups in total. The van der Waals surface area contributed by atoms with Crippen molar-refractivity contribution >= 4 is 5.91 Å². The molecule has 0 radical (unpaired) electrons. The molecule has 0 spiro atoms. The topological polar surface area (TPSA) is 83.9 Å². The molecule has 0 atom stereocenters.